The van der Waals surface area contributed by atoms with E-state index in [4.69, 9.17) is 9.47 Å². The van der Waals surface area contributed by atoms with Crippen LogP contribution in [0.5, 0.6) is 11.5 Å². The molecule has 0 bridgehead atoms. The fraction of sp³-hybridized carbons (Fsp3) is 0.600. The standard InChI is InChI=1S/C15H24N2O2/c1-18-14-6-3-12(15(11-14)19-2)7-8-16-9-10-17-13-4-5-13/h3,6,11,13,16-17H,4-5,7-10H2,1-2H3. The van der Waals surface area contributed by atoms with Crippen LogP contribution in [0.25, 0.3) is 0 Å². The first-order valence-electron chi connectivity index (χ1n) is 6.98. The summed E-state index contributed by atoms with van der Waals surface area (Å²) in [5.74, 6) is 1.74. The first-order chi connectivity index (χ1) is 9.33. The number of hydrogen-bond donors (Lipinski definition) is 2. The molecule has 1 aliphatic rings. The number of rotatable bonds is 9. The first kappa shape index (κ1) is 14.2. The van der Waals surface area contributed by atoms with Crippen LogP contribution in [-0.4, -0.2) is 39.9 Å². The highest BCUT2D eigenvalue weighted by molar-refractivity contribution is 5.40. The van der Waals surface area contributed by atoms with Gasteiger partial charge in [0.2, 0.25) is 0 Å². The fourth-order valence-corrected chi connectivity index (χ4v) is 2.06. The van der Waals surface area contributed by atoms with E-state index in [0.29, 0.717) is 0 Å². The lowest BCUT2D eigenvalue weighted by Gasteiger charge is -2.11. The minimum atomic E-state index is 0.795. The molecule has 106 valence electrons. The average molecular weight is 264 g/mol. The Morgan fingerprint density at radius 1 is 1.11 bits per heavy atom. The summed E-state index contributed by atoms with van der Waals surface area (Å²) in [5.41, 5.74) is 1.21. The van der Waals surface area contributed by atoms with Gasteiger partial charge in [-0.3, -0.25) is 0 Å². The van der Waals surface area contributed by atoms with Crippen molar-refractivity contribution in [3.05, 3.63) is 23.8 Å². The Kier molecular flexibility index (Phi) is 5.48. The lowest BCUT2D eigenvalue weighted by molar-refractivity contribution is 0.390. The lowest BCUT2D eigenvalue weighted by atomic mass is 10.1. The number of hydrogen-bond acceptors (Lipinski definition) is 4. The fourth-order valence-electron chi connectivity index (χ4n) is 2.06. The van der Waals surface area contributed by atoms with Gasteiger partial charge in [0.1, 0.15) is 11.5 Å². The smallest absolute Gasteiger partial charge is 0.125 e. The minimum absolute atomic E-state index is 0.795. The van der Waals surface area contributed by atoms with E-state index >= 15 is 0 Å². The summed E-state index contributed by atoms with van der Waals surface area (Å²) >= 11 is 0. The van der Waals surface area contributed by atoms with Crippen molar-refractivity contribution in [3.63, 3.8) is 0 Å². The molecule has 0 aliphatic heterocycles. The van der Waals surface area contributed by atoms with Gasteiger partial charge in [0.25, 0.3) is 0 Å². The highest BCUT2D eigenvalue weighted by atomic mass is 16.5. The Morgan fingerprint density at radius 3 is 2.63 bits per heavy atom. The van der Waals surface area contributed by atoms with Gasteiger partial charge in [-0.1, -0.05) is 6.07 Å². The van der Waals surface area contributed by atoms with Crippen LogP contribution in [0.3, 0.4) is 0 Å². The molecule has 0 saturated heterocycles. The van der Waals surface area contributed by atoms with Gasteiger partial charge in [-0.25, -0.2) is 0 Å². The molecular formula is C15H24N2O2. The predicted molar refractivity (Wildman–Crippen MR) is 77.1 cm³/mol. The van der Waals surface area contributed by atoms with E-state index in [-0.39, 0.29) is 0 Å². The summed E-state index contributed by atoms with van der Waals surface area (Å²) in [5, 5.41) is 6.94. The molecule has 2 N–H and O–H groups in total. The zero-order valence-electron chi connectivity index (χ0n) is 11.9. The van der Waals surface area contributed by atoms with Crippen molar-refractivity contribution in [2.24, 2.45) is 0 Å². The van der Waals surface area contributed by atoms with Crippen LogP contribution < -0.4 is 20.1 Å². The zero-order chi connectivity index (χ0) is 13.5. The van der Waals surface area contributed by atoms with Crippen molar-refractivity contribution in [1.82, 2.24) is 10.6 Å². The molecule has 0 spiro atoms. The Labute approximate surface area is 115 Å². The van der Waals surface area contributed by atoms with Gasteiger partial charge in [-0.15, -0.1) is 0 Å². The van der Waals surface area contributed by atoms with Crippen molar-refractivity contribution in [3.8, 4) is 11.5 Å². The molecular weight excluding hydrogens is 240 g/mol. The van der Waals surface area contributed by atoms with Gasteiger partial charge in [0, 0.05) is 25.2 Å². The summed E-state index contributed by atoms with van der Waals surface area (Å²) in [6.45, 7) is 3.05. The van der Waals surface area contributed by atoms with Gasteiger partial charge in [-0.2, -0.15) is 0 Å². The third-order valence-corrected chi connectivity index (χ3v) is 3.38. The molecule has 0 aromatic heterocycles. The maximum atomic E-state index is 5.39. The van der Waals surface area contributed by atoms with Crippen LogP contribution in [0.2, 0.25) is 0 Å². The van der Waals surface area contributed by atoms with Crippen molar-refractivity contribution in [2.75, 3.05) is 33.9 Å². The van der Waals surface area contributed by atoms with Gasteiger partial charge >= 0.3 is 0 Å². The third-order valence-electron chi connectivity index (χ3n) is 3.38. The quantitative estimate of drug-likeness (QED) is 0.665. The third kappa shape index (κ3) is 4.73. The highest BCUT2D eigenvalue weighted by Gasteiger charge is 2.19. The van der Waals surface area contributed by atoms with Crippen molar-refractivity contribution in [2.45, 2.75) is 25.3 Å². The van der Waals surface area contributed by atoms with Crippen molar-refractivity contribution < 1.29 is 9.47 Å². The second kappa shape index (κ2) is 7.36. The molecule has 0 amide bonds. The Bertz CT molecular complexity index is 392. The molecule has 19 heavy (non-hydrogen) atoms. The number of nitrogens with one attached hydrogen (secondary N) is 2. The van der Waals surface area contributed by atoms with Gasteiger partial charge in [-0.05, 0) is 37.4 Å². The second-order valence-corrected chi connectivity index (χ2v) is 4.91. The maximum absolute atomic E-state index is 5.39. The molecule has 2 rings (SSSR count). The SMILES string of the molecule is COc1ccc(CCNCCNC2CC2)c(OC)c1. The van der Waals surface area contributed by atoms with E-state index in [1.165, 1.54) is 18.4 Å². The van der Waals surface area contributed by atoms with E-state index in [2.05, 4.69) is 16.7 Å². The topological polar surface area (TPSA) is 42.5 Å². The van der Waals surface area contributed by atoms with E-state index in [1.54, 1.807) is 14.2 Å². The lowest BCUT2D eigenvalue weighted by Crippen LogP contribution is -2.29. The minimum Gasteiger partial charge on any atom is -0.497 e. The number of methoxy groups -OCH3 is 2. The van der Waals surface area contributed by atoms with Gasteiger partial charge in [0.05, 0.1) is 14.2 Å². The molecule has 1 aromatic carbocycles. The van der Waals surface area contributed by atoms with E-state index < -0.39 is 0 Å². The van der Waals surface area contributed by atoms with Crippen LogP contribution in [0.15, 0.2) is 18.2 Å². The summed E-state index contributed by atoms with van der Waals surface area (Å²) in [6, 6.07) is 6.78. The van der Waals surface area contributed by atoms with E-state index in [1.807, 2.05) is 12.1 Å². The molecule has 0 atom stereocenters. The Balaban J connectivity index is 1.68. The Morgan fingerprint density at radius 2 is 1.95 bits per heavy atom. The second-order valence-electron chi connectivity index (χ2n) is 4.91. The van der Waals surface area contributed by atoms with Crippen molar-refractivity contribution in [1.29, 1.82) is 0 Å². The molecule has 0 unspecified atom stereocenters. The summed E-state index contributed by atoms with van der Waals surface area (Å²) in [6.07, 6.45) is 3.67. The van der Waals surface area contributed by atoms with E-state index in [9.17, 15) is 0 Å². The summed E-state index contributed by atoms with van der Waals surface area (Å²) in [7, 11) is 3.37. The predicted octanol–water partition coefficient (Wildman–Crippen LogP) is 1.59. The molecule has 0 radical (unpaired) electrons. The van der Waals surface area contributed by atoms with Crippen LogP contribution >= 0.6 is 0 Å². The normalized spacial score (nSPS) is 14.4. The molecule has 0 heterocycles. The molecule has 1 fully saturated rings. The Hall–Kier alpha value is -1.26. The first-order valence-corrected chi connectivity index (χ1v) is 6.98. The summed E-state index contributed by atoms with van der Waals surface area (Å²) < 4.78 is 10.6. The maximum Gasteiger partial charge on any atom is 0.125 e. The van der Waals surface area contributed by atoms with Crippen LogP contribution in [0, 0.1) is 0 Å². The van der Waals surface area contributed by atoms with Gasteiger partial charge in [0.15, 0.2) is 0 Å². The summed E-state index contributed by atoms with van der Waals surface area (Å²) in [4.78, 5) is 0. The molecule has 1 saturated carbocycles. The largest absolute Gasteiger partial charge is 0.497 e. The number of ether oxygens (including phenoxy) is 2. The van der Waals surface area contributed by atoms with Crippen LogP contribution in [0.4, 0.5) is 0 Å². The zero-order valence-corrected chi connectivity index (χ0v) is 11.9. The van der Waals surface area contributed by atoms with E-state index in [0.717, 1.165) is 43.6 Å². The van der Waals surface area contributed by atoms with Crippen LogP contribution in [-0.2, 0) is 6.42 Å². The average Bonchev–Trinajstić information content (AvgIpc) is 3.26. The van der Waals surface area contributed by atoms with Gasteiger partial charge < -0.3 is 20.1 Å². The van der Waals surface area contributed by atoms with Crippen molar-refractivity contribution >= 4 is 0 Å². The number of benzene rings is 1. The monoisotopic (exact) mass is 264 g/mol. The molecule has 1 aromatic rings. The highest BCUT2D eigenvalue weighted by Crippen LogP contribution is 2.24. The van der Waals surface area contributed by atoms with Crippen LogP contribution in [0.1, 0.15) is 18.4 Å². The molecule has 1 aliphatic carbocycles. The molecule has 4 nitrogen and oxygen atoms in total. The molecule has 4 heteroatoms.